The minimum atomic E-state index is -1.89. The van der Waals surface area contributed by atoms with Gasteiger partial charge in [0.1, 0.15) is 6.10 Å². The lowest BCUT2D eigenvalue weighted by Gasteiger charge is -2.43. The third-order valence-corrected chi connectivity index (χ3v) is 10.3. The van der Waals surface area contributed by atoms with E-state index in [1.165, 1.54) is 0 Å². The van der Waals surface area contributed by atoms with Gasteiger partial charge in [0.2, 0.25) is 0 Å². The molecular formula is C18H32O2Si. The van der Waals surface area contributed by atoms with Crippen LogP contribution in [0.3, 0.4) is 0 Å². The number of hydrogen-bond donors (Lipinski definition) is 0. The summed E-state index contributed by atoms with van der Waals surface area (Å²) < 4.78 is 6.53. The van der Waals surface area contributed by atoms with Gasteiger partial charge in [0.25, 0.3) is 0 Å². The fourth-order valence-corrected chi connectivity index (χ4v) is 4.61. The van der Waals surface area contributed by atoms with E-state index in [-0.39, 0.29) is 17.1 Å². The van der Waals surface area contributed by atoms with Gasteiger partial charge in [0.15, 0.2) is 14.1 Å². The van der Waals surface area contributed by atoms with Gasteiger partial charge in [-0.05, 0) is 36.9 Å². The molecule has 1 fully saturated rings. The van der Waals surface area contributed by atoms with Crippen LogP contribution >= 0.6 is 0 Å². The summed E-state index contributed by atoms with van der Waals surface area (Å²) in [5, 5.41) is 0.158. The van der Waals surface area contributed by atoms with Crippen molar-refractivity contribution in [3.63, 3.8) is 0 Å². The lowest BCUT2D eigenvalue weighted by Crippen LogP contribution is -2.51. The Morgan fingerprint density at radius 2 is 1.86 bits per heavy atom. The van der Waals surface area contributed by atoms with Gasteiger partial charge in [-0.15, -0.1) is 0 Å². The van der Waals surface area contributed by atoms with Gasteiger partial charge >= 0.3 is 0 Å². The van der Waals surface area contributed by atoms with Crippen LogP contribution in [0.4, 0.5) is 0 Å². The number of allylic oxidation sites excluding steroid dienone is 1. The Kier molecular flexibility index (Phi) is 4.84. The van der Waals surface area contributed by atoms with E-state index in [2.05, 4.69) is 52.9 Å². The summed E-state index contributed by atoms with van der Waals surface area (Å²) in [6.45, 7) is 13.4. The van der Waals surface area contributed by atoms with Crippen molar-refractivity contribution in [2.45, 2.75) is 77.6 Å². The summed E-state index contributed by atoms with van der Waals surface area (Å²) in [5.41, 5.74) is 0. The summed E-state index contributed by atoms with van der Waals surface area (Å²) in [6, 6.07) is 0. The van der Waals surface area contributed by atoms with Crippen molar-refractivity contribution in [2.75, 3.05) is 0 Å². The van der Waals surface area contributed by atoms with Crippen molar-refractivity contribution in [1.29, 1.82) is 0 Å². The maximum absolute atomic E-state index is 13.0. The first kappa shape index (κ1) is 16.9. The Bertz CT molecular complexity index is 419. The Labute approximate surface area is 131 Å². The molecular weight excluding hydrogens is 276 g/mol. The zero-order valence-electron chi connectivity index (χ0n) is 14.6. The molecule has 0 spiro atoms. The van der Waals surface area contributed by atoms with Crippen LogP contribution < -0.4 is 0 Å². The first-order valence-corrected chi connectivity index (χ1v) is 11.5. The van der Waals surface area contributed by atoms with E-state index in [1.54, 1.807) is 0 Å². The lowest BCUT2D eigenvalue weighted by atomic mass is 9.74. The van der Waals surface area contributed by atoms with E-state index in [1.807, 2.05) is 0 Å². The van der Waals surface area contributed by atoms with Crippen LogP contribution in [0.15, 0.2) is 12.2 Å². The monoisotopic (exact) mass is 308 g/mol. The van der Waals surface area contributed by atoms with E-state index in [0.717, 1.165) is 25.7 Å². The molecule has 2 rings (SSSR count). The minimum Gasteiger partial charge on any atom is -0.406 e. The number of rotatable bonds is 5. The van der Waals surface area contributed by atoms with Crippen LogP contribution in [0.5, 0.6) is 0 Å². The third kappa shape index (κ3) is 3.34. The van der Waals surface area contributed by atoms with Crippen LogP contribution in [0.25, 0.3) is 0 Å². The maximum Gasteiger partial charge on any atom is 0.193 e. The van der Waals surface area contributed by atoms with Gasteiger partial charge < -0.3 is 4.43 Å². The molecule has 0 heterocycles. The lowest BCUT2D eigenvalue weighted by molar-refractivity contribution is -0.136. The molecule has 0 aliphatic heterocycles. The summed E-state index contributed by atoms with van der Waals surface area (Å²) >= 11 is 0. The number of ketones is 1. The summed E-state index contributed by atoms with van der Waals surface area (Å²) in [6.07, 6.45) is 8.84. The van der Waals surface area contributed by atoms with Gasteiger partial charge in [-0.25, -0.2) is 0 Å². The molecule has 3 heteroatoms. The van der Waals surface area contributed by atoms with Crippen molar-refractivity contribution in [3.8, 4) is 0 Å². The second-order valence-electron chi connectivity index (χ2n) is 8.40. The fraction of sp³-hybridized carbons (Fsp3) is 0.833. The molecule has 21 heavy (non-hydrogen) atoms. The molecule has 2 nitrogen and oxygen atoms in total. The van der Waals surface area contributed by atoms with Crippen molar-refractivity contribution >= 4 is 14.1 Å². The van der Waals surface area contributed by atoms with Crippen LogP contribution in [0.2, 0.25) is 18.1 Å². The van der Waals surface area contributed by atoms with E-state index in [0.29, 0.717) is 17.6 Å². The zero-order valence-corrected chi connectivity index (χ0v) is 15.6. The highest BCUT2D eigenvalue weighted by Crippen LogP contribution is 2.45. The van der Waals surface area contributed by atoms with Crippen LogP contribution in [0, 0.1) is 17.8 Å². The van der Waals surface area contributed by atoms with Gasteiger partial charge in [0, 0.05) is 11.8 Å². The molecule has 2 bridgehead atoms. The number of carbonyl (C=O) groups is 1. The van der Waals surface area contributed by atoms with Gasteiger partial charge in [-0.2, -0.15) is 0 Å². The highest BCUT2D eigenvalue weighted by atomic mass is 28.4. The average Bonchev–Trinajstić information content (AvgIpc) is 2.79. The molecule has 0 unspecified atom stereocenters. The molecule has 0 radical (unpaired) electrons. The van der Waals surface area contributed by atoms with Crippen LogP contribution in [-0.4, -0.2) is 20.2 Å². The quantitative estimate of drug-likeness (QED) is 0.530. The van der Waals surface area contributed by atoms with Crippen LogP contribution in [0.1, 0.15) is 53.4 Å². The number of fused-ring (bicyclic) bond motifs is 2. The Balaban J connectivity index is 2.15. The molecule has 120 valence electrons. The molecule has 1 saturated carbocycles. The van der Waals surface area contributed by atoms with E-state index >= 15 is 0 Å². The fourth-order valence-electron chi connectivity index (χ4n) is 3.33. The molecule has 2 aliphatic carbocycles. The highest BCUT2D eigenvalue weighted by molar-refractivity contribution is 6.74. The van der Waals surface area contributed by atoms with Crippen molar-refractivity contribution in [3.05, 3.63) is 12.2 Å². The summed E-state index contributed by atoms with van der Waals surface area (Å²) in [5.74, 6) is 1.40. The standard InChI is InChI=1S/C18H32O2Si/c1-7-8-9-15-13-10-11-14(12-13)17(16(15)19)20-21(5,6)18(2,3)4/h10-11,13-15,17H,7-9,12H2,1-6H3/t13-,14+,15-,17+/m1/s1. The smallest absolute Gasteiger partial charge is 0.193 e. The third-order valence-electron chi connectivity index (χ3n) is 5.80. The topological polar surface area (TPSA) is 26.3 Å². The first-order chi connectivity index (χ1) is 9.67. The molecule has 0 aromatic heterocycles. The summed E-state index contributed by atoms with van der Waals surface area (Å²) in [7, 11) is -1.89. The summed E-state index contributed by atoms with van der Waals surface area (Å²) in [4.78, 5) is 13.0. The Morgan fingerprint density at radius 3 is 2.43 bits per heavy atom. The van der Waals surface area contributed by atoms with Gasteiger partial charge in [-0.1, -0.05) is 52.7 Å². The van der Waals surface area contributed by atoms with Crippen molar-refractivity contribution < 1.29 is 9.22 Å². The van der Waals surface area contributed by atoms with Gasteiger partial charge in [-0.3, -0.25) is 4.79 Å². The number of carbonyl (C=O) groups excluding carboxylic acids is 1. The Hall–Kier alpha value is -0.413. The average molecular weight is 309 g/mol. The molecule has 0 aromatic rings. The second-order valence-corrected chi connectivity index (χ2v) is 13.2. The van der Waals surface area contributed by atoms with Crippen molar-refractivity contribution in [1.82, 2.24) is 0 Å². The molecule has 0 amide bonds. The first-order valence-electron chi connectivity index (χ1n) is 8.57. The zero-order chi connectivity index (χ0) is 15.8. The normalized spacial score (nSPS) is 32.8. The van der Waals surface area contributed by atoms with Crippen LogP contribution in [-0.2, 0) is 9.22 Å². The number of hydrogen-bond acceptors (Lipinski definition) is 2. The molecule has 2 aliphatic rings. The second kappa shape index (κ2) is 6.00. The minimum absolute atomic E-state index is 0.158. The number of Topliss-reactive ketones (excluding diaryl/α,β-unsaturated/α-hetero) is 1. The van der Waals surface area contributed by atoms with Gasteiger partial charge in [0.05, 0.1) is 0 Å². The predicted octanol–water partition coefficient (Wildman–Crippen LogP) is 4.96. The maximum atomic E-state index is 13.0. The molecule has 4 atom stereocenters. The molecule has 0 N–H and O–H groups in total. The van der Waals surface area contributed by atoms with E-state index in [4.69, 9.17) is 4.43 Å². The number of unbranched alkanes of at least 4 members (excludes halogenated alkanes) is 1. The van der Waals surface area contributed by atoms with Crippen molar-refractivity contribution in [2.24, 2.45) is 17.8 Å². The van der Waals surface area contributed by atoms with E-state index in [9.17, 15) is 4.79 Å². The Morgan fingerprint density at radius 1 is 1.24 bits per heavy atom. The molecule has 0 aromatic carbocycles. The largest absolute Gasteiger partial charge is 0.406 e. The molecule has 0 saturated heterocycles. The SMILES string of the molecule is CCCC[C@H]1C(=O)[C@@H](O[Si](C)(C)C(C)(C)C)[C@H]2C=C[C@@H]1C2. The van der Waals surface area contributed by atoms with E-state index < -0.39 is 8.32 Å². The predicted molar refractivity (Wildman–Crippen MR) is 90.8 cm³/mol. The highest BCUT2D eigenvalue weighted by Gasteiger charge is 2.49.